The van der Waals surface area contributed by atoms with Crippen LogP contribution < -0.4 is 4.74 Å². The molecule has 2 aromatic rings. The summed E-state index contributed by atoms with van der Waals surface area (Å²) in [4.78, 5) is -0.0288. The van der Waals surface area contributed by atoms with E-state index in [-0.39, 0.29) is 10.6 Å². The summed E-state index contributed by atoms with van der Waals surface area (Å²) in [6.07, 6.45) is 0. The Morgan fingerprint density at radius 2 is 1.60 bits per heavy atom. The van der Waals surface area contributed by atoms with E-state index in [1.807, 2.05) is 26.8 Å². The lowest BCUT2D eigenvalue weighted by atomic mass is 10.1. The summed E-state index contributed by atoms with van der Waals surface area (Å²) >= 11 is 0. The maximum Gasteiger partial charge on any atom is 0.358 e. The van der Waals surface area contributed by atoms with Gasteiger partial charge in [-0.15, -0.1) is 0 Å². The third-order valence-corrected chi connectivity index (χ3v) is 4.13. The normalized spacial score (nSPS) is 10.9. The molecule has 0 unspecified atom stereocenters. The first kappa shape index (κ1) is 20.2. The van der Waals surface area contributed by atoms with Gasteiger partial charge in [0.1, 0.15) is 16.7 Å². The SMILES string of the molecule is CC.COc1ccc(/C(C#N)=N/OS(=O)(=O)c2ccc(C)cc2)cc1. The Bertz CT molecular complexity index is 849. The maximum absolute atomic E-state index is 12.0. The van der Waals surface area contributed by atoms with Crippen molar-refractivity contribution < 1.29 is 17.4 Å². The average molecular weight is 360 g/mol. The summed E-state index contributed by atoms with van der Waals surface area (Å²) in [5.41, 5.74) is 1.19. The Morgan fingerprint density at radius 1 is 1.04 bits per heavy atom. The molecule has 0 aliphatic carbocycles. The van der Waals surface area contributed by atoms with Crippen molar-refractivity contribution in [3.05, 3.63) is 59.7 Å². The van der Waals surface area contributed by atoms with Gasteiger partial charge in [-0.2, -0.15) is 13.7 Å². The van der Waals surface area contributed by atoms with Crippen molar-refractivity contribution in [2.45, 2.75) is 25.7 Å². The Labute approximate surface area is 148 Å². The molecule has 0 saturated carbocycles. The second-order valence-electron chi connectivity index (χ2n) is 4.62. The van der Waals surface area contributed by atoms with Gasteiger partial charge in [0.15, 0.2) is 5.71 Å². The maximum atomic E-state index is 12.0. The van der Waals surface area contributed by atoms with Crippen LogP contribution in [0.25, 0.3) is 0 Å². The van der Waals surface area contributed by atoms with Crippen LogP contribution in [0, 0.1) is 18.3 Å². The van der Waals surface area contributed by atoms with Gasteiger partial charge in [0.05, 0.1) is 7.11 Å². The summed E-state index contributed by atoms with van der Waals surface area (Å²) in [6.45, 7) is 5.84. The summed E-state index contributed by atoms with van der Waals surface area (Å²) < 4.78 is 33.7. The van der Waals surface area contributed by atoms with Crippen LogP contribution in [0.1, 0.15) is 25.0 Å². The van der Waals surface area contributed by atoms with E-state index in [9.17, 15) is 8.42 Å². The van der Waals surface area contributed by atoms with Crippen molar-refractivity contribution in [2.75, 3.05) is 7.11 Å². The highest BCUT2D eigenvalue weighted by atomic mass is 32.2. The van der Waals surface area contributed by atoms with E-state index in [2.05, 4.69) is 9.44 Å². The first-order valence-electron chi connectivity index (χ1n) is 7.59. The van der Waals surface area contributed by atoms with E-state index in [1.54, 1.807) is 36.4 Å². The third kappa shape index (κ3) is 5.62. The van der Waals surface area contributed by atoms with Gasteiger partial charge < -0.3 is 4.74 Å². The van der Waals surface area contributed by atoms with Crippen LogP contribution in [0.4, 0.5) is 0 Å². The lowest BCUT2D eigenvalue weighted by Crippen LogP contribution is -2.06. The lowest BCUT2D eigenvalue weighted by Gasteiger charge is -2.03. The second kappa shape index (κ2) is 9.45. The van der Waals surface area contributed by atoms with Crippen molar-refractivity contribution >= 4 is 15.8 Å². The van der Waals surface area contributed by atoms with Crippen LogP contribution in [-0.2, 0) is 14.4 Å². The number of hydrogen-bond donors (Lipinski definition) is 0. The molecule has 0 atom stereocenters. The molecule has 0 radical (unpaired) electrons. The first-order chi connectivity index (χ1) is 12.0. The first-order valence-corrected chi connectivity index (χ1v) is 9.00. The topological polar surface area (TPSA) is 88.8 Å². The molecule has 25 heavy (non-hydrogen) atoms. The van der Waals surface area contributed by atoms with E-state index < -0.39 is 10.1 Å². The summed E-state index contributed by atoms with van der Waals surface area (Å²) in [5.74, 6) is 0.610. The minimum absolute atomic E-state index is 0.0288. The fraction of sp³-hybridized carbons (Fsp3) is 0.222. The van der Waals surface area contributed by atoms with Gasteiger partial charge in [-0.05, 0) is 43.3 Å². The van der Waals surface area contributed by atoms with E-state index in [1.165, 1.54) is 19.2 Å². The quantitative estimate of drug-likeness (QED) is 0.599. The Morgan fingerprint density at radius 3 is 2.08 bits per heavy atom. The zero-order chi connectivity index (χ0) is 18.9. The number of benzene rings is 2. The molecule has 6 nitrogen and oxygen atoms in total. The van der Waals surface area contributed by atoms with Crippen molar-refractivity contribution in [3.63, 3.8) is 0 Å². The molecule has 132 valence electrons. The smallest absolute Gasteiger partial charge is 0.358 e. The Balaban J connectivity index is 0.00000151. The molecule has 0 fully saturated rings. The molecule has 0 heterocycles. The van der Waals surface area contributed by atoms with Crippen molar-refractivity contribution in [1.82, 2.24) is 0 Å². The number of hydrogen-bond acceptors (Lipinski definition) is 6. The molecule has 0 spiro atoms. The van der Waals surface area contributed by atoms with Gasteiger partial charge in [-0.1, -0.05) is 36.7 Å². The number of rotatable bonds is 5. The van der Waals surface area contributed by atoms with Gasteiger partial charge in [-0.25, -0.2) is 0 Å². The predicted molar refractivity (Wildman–Crippen MR) is 95.9 cm³/mol. The average Bonchev–Trinajstić information content (AvgIpc) is 2.64. The molecule has 2 rings (SSSR count). The van der Waals surface area contributed by atoms with E-state index >= 15 is 0 Å². The van der Waals surface area contributed by atoms with Gasteiger partial charge in [0.25, 0.3) is 0 Å². The third-order valence-electron chi connectivity index (χ3n) is 3.01. The predicted octanol–water partition coefficient (Wildman–Crippen LogP) is 3.66. The molecule has 0 bridgehead atoms. The van der Waals surface area contributed by atoms with Crippen LogP contribution in [0.5, 0.6) is 5.75 Å². The molecule has 0 saturated heterocycles. The van der Waals surface area contributed by atoms with Crippen molar-refractivity contribution in [1.29, 1.82) is 5.26 Å². The molecule has 7 heteroatoms. The fourth-order valence-corrected chi connectivity index (χ4v) is 2.45. The fourth-order valence-electron chi connectivity index (χ4n) is 1.72. The number of nitriles is 1. The molecular formula is C18H20N2O4S. The van der Waals surface area contributed by atoms with Gasteiger partial charge in [0, 0.05) is 5.56 Å². The van der Waals surface area contributed by atoms with Gasteiger partial charge in [-0.3, -0.25) is 4.28 Å². The number of nitrogens with zero attached hydrogens (tertiary/aromatic N) is 2. The monoisotopic (exact) mass is 360 g/mol. The largest absolute Gasteiger partial charge is 0.497 e. The lowest BCUT2D eigenvalue weighted by molar-refractivity contribution is 0.339. The summed E-state index contributed by atoms with van der Waals surface area (Å²) in [5, 5.41) is 12.6. The summed E-state index contributed by atoms with van der Waals surface area (Å²) in [7, 11) is -2.55. The van der Waals surface area contributed by atoms with E-state index in [4.69, 9.17) is 10.00 Å². The minimum atomic E-state index is -4.07. The molecule has 0 aromatic heterocycles. The number of aryl methyl sites for hydroxylation is 1. The highest BCUT2D eigenvalue weighted by Crippen LogP contribution is 2.15. The van der Waals surface area contributed by atoms with Gasteiger partial charge >= 0.3 is 10.1 Å². The van der Waals surface area contributed by atoms with Crippen LogP contribution in [0.15, 0.2) is 58.6 Å². The number of oxime groups is 1. The number of ether oxygens (including phenoxy) is 1. The number of methoxy groups -OCH3 is 1. The molecule has 2 aromatic carbocycles. The molecule has 0 amide bonds. The standard InChI is InChI=1S/C16H14N2O4S.C2H6/c1-12-3-9-15(10-4-12)23(19,20)22-18-16(11-17)13-5-7-14(21-2)8-6-13;1-2/h3-10H,1-2H3;1-2H3/b18-16+;. The molecular weight excluding hydrogens is 340 g/mol. The van der Waals surface area contributed by atoms with Gasteiger partial charge in [0.2, 0.25) is 0 Å². The Hall–Kier alpha value is -2.85. The molecule has 0 N–H and O–H groups in total. The van der Waals surface area contributed by atoms with Crippen LogP contribution in [-0.4, -0.2) is 21.2 Å². The van der Waals surface area contributed by atoms with Crippen molar-refractivity contribution in [3.8, 4) is 11.8 Å². The van der Waals surface area contributed by atoms with Crippen LogP contribution in [0.2, 0.25) is 0 Å². The zero-order valence-corrected chi connectivity index (χ0v) is 15.4. The molecule has 0 aliphatic heterocycles. The summed E-state index contributed by atoms with van der Waals surface area (Å²) in [6, 6.07) is 14.4. The molecule has 0 aliphatic rings. The van der Waals surface area contributed by atoms with Crippen LogP contribution >= 0.6 is 0 Å². The highest BCUT2D eigenvalue weighted by molar-refractivity contribution is 7.86. The van der Waals surface area contributed by atoms with E-state index in [0.717, 1.165) is 5.56 Å². The minimum Gasteiger partial charge on any atom is -0.497 e. The highest BCUT2D eigenvalue weighted by Gasteiger charge is 2.16. The second-order valence-corrected chi connectivity index (χ2v) is 6.15. The van der Waals surface area contributed by atoms with E-state index in [0.29, 0.717) is 11.3 Å². The van der Waals surface area contributed by atoms with Crippen LogP contribution in [0.3, 0.4) is 0 Å². The zero-order valence-electron chi connectivity index (χ0n) is 14.6. The van der Waals surface area contributed by atoms with Crippen molar-refractivity contribution in [2.24, 2.45) is 5.16 Å². The Kier molecular flexibility index (Phi) is 7.63.